The van der Waals surface area contributed by atoms with Crippen molar-refractivity contribution in [2.75, 3.05) is 6.61 Å². The number of amides is 1. The molecular weight excluding hydrogens is 356 g/mol. The summed E-state index contributed by atoms with van der Waals surface area (Å²) in [4.78, 5) is 12.0. The van der Waals surface area contributed by atoms with Crippen molar-refractivity contribution >= 4 is 12.1 Å². The number of rotatable bonds is 7. The van der Waals surface area contributed by atoms with Gasteiger partial charge in [0.25, 0.3) is 5.91 Å². The second-order valence-electron chi connectivity index (χ2n) is 6.07. The molecule has 28 heavy (non-hydrogen) atoms. The number of hydrogen-bond donors (Lipinski definition) is 3. The van der Waals surface area contributed by atoms with Crippen LogP contribution < -0.4 is 10.2 Å². The van der Waals surface area contributed by atoms with Crippen LogP contribution >= 0.6 is 0 Å². The summed E-state index contributed by atoms with van der Waals surface area (Å²) in [6, 6.07) is 22.0. The van der Waals surface area contributed by atoms with E-state index in [1.54, 1.807) is 12.1 Å². The summed E-state index contributed by atoms with van der Waals surface area (Å²) < 4.78 is 5.64. The molecule has 0 atom stereocenters. The Morgan fingerprint density at radius 1 is 0.964 bits per heavy atom. The van der Waals surface area contributed by atoms with E-state index in [9.17, 15) is 15.0 Å². The summed E-state index contributed by atoms with van der Waals surface area (Å²) in [6.07, 6.45) is 1.95. The van der Waals surface area contributed by atoms with Gasteiger partial charge in [-0.2, -0.15) is 5.10 Å². The van der Waals surface area contributed by atoms with Crippen LogP contribution in [0.25, 0.3) is 0 Å². The van der Waals surface area contributed by atoms with Crippen molar-refractivity contribution in [1.29, 1.82) is 0 Å². The third-order valence-corrected chi connectivity index (χ3v) is 4.01. The lowest BCUT2D eigenvalue weighted by Crippen LogP contribution is -2.24. The second kappa shape index (κ2) is 9.23. The average molecular weight is 376 g/mol. The number of carbonyl (C=O) groups is 1. The largest absolute Gasteiger partial charge is 0.504 e. The quantitative estimate of drug-likeness (QED) is 0.335. The summed E-state index contributed by atoms with van der Waals surface area (Å²) in [5.74, 6) is -0.360. The Hall–Kier alpha value is -3.80. The fourth-order valence-corrected chi connectivity index (χ4v) is 2.61. The smallest absolute Gasteiger partial charge is 0.277 e. The molecule has 3 aromatic carbocycles. The maximum Gasteiger partial charge on any atom is 0.277 e. The van der Waals surface area contributed by atoms with Gasteiger partial charge in [0.15, 0.2) is 18.1 Å². The molecule has 0 aliphatic rings. The number of carbonyl (C=O) groups excluding carboxylic acids is 1. The number of phenolic OH excluding ortho intramolecular Hbond substituents is 2. The monoisotopic (exact) mass is 376 g/mol. The maximum absolute atomic E-state index is 12.0. The fraction of sp³-hybridized carbons (Fsp3) is 0.0909. The van der Waals surface area contributed by atoms with Crippen LogP contribution in [0.3, 0.4) is 0 Å². The van der Waals surface area contributed by atoms with Gasteiger partial charge in [-0.1, -0.05) is 54.6 Å². The first kappa shape index (κ1) is 19.0. The number of nitrogens with zero attached hydrogens (tertiary/aromatic N) is 1. The molecule has 0 spiro atoms. The Bertz CT molecular complexity index is 971. The third kappa shape index (κ3) is 5.11. The van der Waals surface area contributed by atoms with Crippen molar-refractivity contribution < 1.29 is 19.7 Å². The van der Waals surface area contributed by atoms with Crippen molar-refractivity contribution in [2.45, 2.75) is 6.42 Å². The van der Waals surface area contributed by atoms with Crippen LogP contribution in [-0.2, 0) is 11.2 Å². The van der Waals surface area contributed by atoms with Gasteiger partial charge in [0.2, 0.25) is 0 Å². The first-order valence-electron chi connectivity index (χ1n) is 8.71. The van der Waals surface area contributed by atoms with E-state index >= 15 is 0 Å². The molecule has 0 aliphatic carbocycles. The minimum Gasteiger partial charge on any atom is -0.504 e. The van der Waals surface area contributed by atoms with E-state index < -0.39 is 5.91 Å². The van der Waals surface area contributed by atoms with Crippen LogP contribution in [0.4, 0.5) is 0 Å². The molecule has 0 saturated carbocycles. The third-order valence-electron chi connectivity index (χ3n) is 4.01. The number of hydrogen-bond acceptors (Lipinski definition) is 5. The first-order valence-corrected chi connectivity index (χ1v) is 8.71. The van der Waals surface area contributed by atoms with Crippen LogP contribution in [0.15, 0.2) is 77.9 Å². The Morgan fingerprint density at radius 3 is 2.54 bits per heavy atom. The summed E-state index contributed by atoms with van der Waals surface area (Å²) >= 11 is 0. The van der Waals surface area contributed by atoms with Gasteiger partial charge in [0, 0.05) is 12.0 Å². The van der Waals surface area contributed by atoms with Crippen molar-refractivity contribution in [1.82, 2.24) is 5.43 Å². The summed E-state index contributed by atoms with van der Waals surface area (Å²) in [7, 11) is 0. The molecular formula is C22H20N2O4. The molecule has 0 radical (unpaired) electrons. The van der Waals surface area contributed by atoms with E-state index in [1.807, 2.05) is 54.6 Å². The topological polar surface area (TPSA) is 91.2 Å². The van der Waals surface area contributed by atoms with Gasteiger partial charge in [0.1, 0.15) is 5.75 Å². The molecule has 6 nitrogen and oxygen atoms in total. The lowest BCUT2D eigenvalue weighted by molar-refractivity contribution is -0.123. The Morgan fingerprint density at radius 2 is 1.71 bits per heavy atom. The zero-order chi connectivity index (χ0) is 19.8. The first-order chi connectivity index (χ1) is 13.6. The Labute approximate surface area is 162 Å². The van der Waals surface area contributed by atoms with Gasteiger partial charge in [-0.3, -0.25) is 4.79 Å². The molecule has 0 saturated heterocycles. The van der Waals surface area contributed by atoms with Crippen LogP contribution in [0.5, 0.6) is 17.2 Å². The van der Waals surface area contributed by atoms with Crippen LogP contribution in [-0.4, -0.2) is 28.9 Å². The minimum absolute atomic E-state index is 0.199. The number of aromatic hydroxyl groups is 2. The molecule has 6 heteroatoms. The lowest BCUT2D eigenvalue weighted by atomic mass is 10.0. The predicted octanol–water partition coefficient (Wildman–Crippen LogP) is 3.22. The molecule has 3 N–H and O–H groups in total. The number of ether oxygens (including phenoxy) is 1. The highest BCUT2D eigenvalue weighted by atomic mass is 16.5. The number of nitrogens with one attached hydrogen (secondary N) is 1. The average Bonchev–Trinajstić information content (AvgIpc) is 2.71. The molecule has 3 aromatic rings. The van der Waals surface area contributed by atoms with E-state index in [0.717, 1.165) is 11.1 Å². The number of phenols is 2. The van der Waals surface area contributed by atoms with Crippen molar-refractivity contribution in [3.63, 3.8) is 0 Å². The maximum atomic E-state index is 12.0. The normalized spacial score (nSPS) is 10.7. The standard InChI is InChI=1S/C22H20N2O4/c25-19-11-6-10-18(22(19)27)14-23-24-21(26)15-28-20-12-5-4-9-17(20)13-16-7-2-1-3-8-16/h1-12,14,25,27H,13,15H2,(H,24,26)/b23-14+. The van der Waals surface area contributed by atoms with Crippen LogP contribution in [0.1, 0.15) is 16.7 Å². The zero-order valence-corrected chi connectivity index (χ0v) is 15.1. The molecule has 0 aromatic heterocycles. The summed E-state index contributed by atoms with van der Waals surface area (Å²) in [5.41, 5.74) is 4.75. The molecule has 0 fully saturated rings. The molecule has 142 valence electrons. The Balaban J connectivity index is 1.56. The number of hydrazone groups is 1. The minimum atomic E-state index is -0.439. The van der Waals surface area contributed by atoms with Gasteiger partial charge < -0.3 is 14.9 Å². The highest BCUT2D eigenvalue weighted by molar-refractivity contribution is 5.86. The SMILES string of the molecule is O=C(COc1ccccc1Cc1ccccc1)N/N=C/c1cccc(O)c1O. The summed E-state index contributed by atoms with van der Waals surface area (Å²) in [5, 5.41) is 22.9. The van der Waals surface area contributed by atoms with Gasteiger partial charge in [-0.15, -0.1) is 0 Å². The molecule has 0 unspecified atom stereocenters. The van der Waals surface area contributed by atoms with Gasteiger partial charge in [-0.05, 0) is 29.3 Å². The van der Waals surface area contributed by atoms with Crippen LogP contribution in [0.2, 0.25) is 0 Å². The van der Waals surface area contributed by atoms with Gasteiger partial charge >= 0.3 is 0 Å². The number of para-hydroxylation sites is 2. The fourth-order valence-electron chi connectivity index (χ4n) is 2.61. The predicted molar refractivity (Wildman–Crippen MR) is 107 cm³/mol. The molecule has 3 rings (SSSR count). The summed E-state index contributed by atoms with van der Waals surface area (Å²) in [6.45, 7) is -0.199. The van der Waals surface area contributed by atoms with Crippen molar-refractivity contribution in [3.05, 3.63) is 89.5 Å². The Kier molecular flexibility index (Phi) is 6.25. The highest BCUT2D eigenvalue weighted by Crippen LogP contribution is 2.26. The van der Waals surface area contributed by atoms with E-state index in [-0.39, 0.29) is 23.7 Å². The van der Waals surface area contributed by atoms with Crippen molar-refractivity contribution in [3.8, 4) is 17.2 Å². The zero-order valence-electron chi connectivity index (χ0n) is 15.1. The number of benzene rings is 3. The van der Waals surface area contributed by atoms with E-state index in [4.69, 9.17) is 4.74 Å². The van der Waals surface area contributed by atoms with E-state index in [0.29, 0.717) is 12.2 Å². The van der Waals surface area contributed by atoms with E-state index in [1.165, 1.54) is 12.3 Å². The molecule has 0 aliphatic heterocycles. The lowest BCUT2D eigenvalue weighted by Gasteiger charge is -2.11. The van der Waals surface area contributed by atoms with Gasteiger partial charge in [0.05, 0.1) is 6.21 Å². The molecule has 1 amide bonds. The highest BCUT2D eigenvalue weighted by Gasteiger charge is 2.07. The molecule has 0 bridgehead atoms. The van der Waals surface area contributed by atoms with E-state index in [2.05, 4.69) is 10.5 Å². The van der Waals surface area contributed by atoms with Crippen molar-refractivity contribution in [2.24, 2.45) is 5.10 Å². The van der Waals surface area contributed by atoms with Gasteiger partial charge in [-0.25, -0.2) is 5.43 Å². The molecule has 0 heterocycles. The van der Waals surface area contributed by atoms with Crippen LogP contribution in [0, 0.1) is 0 Å². The second-order valence-corrected chi connectivity index (χ2v) is 6.07.